The highest BCUT2D eigenvalue weighted by molar-refractivity contribution is 5.83. The topological polar surface area (TPSA) is 42.5 Å². The van der Waals surface area contributed by atoms with Crippen LogP contribution in [0.3, 0.4) is 0 Å². The van der Waals surface area contributed by atoms with E-state index in [1.165, 1.54) is 57.9 Å². The number of ether oxygens (including phenoxy) is 2. The lowest BCUT2D eigenvalue weighted by atomic mass is 9.73. The molecule has 2 atom stereocenters. The van der Waals surface area contributed by atoms with E-state index in [9.17, 15) is 0 Å². The lowest BCUT2D eigenvalue weighted by Gasteiger charge is -2.41. The van der Waals surface area contributed by atoms with Crippen LogP contribution in [-0.2, 0) is 25.0 Å². The SMILES string of the molecule is c1ccc(COc2ccc3c(c2)CCNC3(Cc2ccc(OCCC3CCCCN3)cc2)c2ccc3ccccc3c2)cc1. The molecule has 0 amide bonds. The molecular weight excluding hydrogens is 540 g/mol. The fourth-order valence-corrected chi connectivity index (χ4v) is 7.00. The van der Waals surface area contributed by atoms with Crippen molar-refractivity contribution >= 4 is 10.8 Å². The Balaban J connectivity index is 1.16. The number of hydrogen-bond donors (Lipinski definition) is 2. The number of rotatable bonds is 10. The predicted octanol–water partition coefficient (Wildman–Crippen LogP) is 7.96. The molecule has 0 aliphatic carbocycles. The van der Waals surface area contributed by atoms with Gasteiger partial charge in [-0.15, -0.1) is 0 Å². The van der Waals surface area contributed by atoms with Gasteiger partial charge in [0.25, 0.3) is 0 Å². The summed E-state index contributed by atoms with van der Waals surface area (Å²) in [6, 6.07) is 42.0. The molecule has 4 heteroatoms. The average molecular weight is 583 g/mol. The first-order valence-electron chi connectivity index (χ1n) is 16.2. The van der Waals surface area contributed by atoms with E-state index in [-0.39, 0.29) is 5.54 Å². The Morgan fingerprint density at radius 2 is 1.50 bits per heavy atom. The summed E-state index contributed by atoms with van der Waals surface area (Å²) >= 11 is 0. The minimum Gasteiger partial charge on any atom is -0.494 e. The second kappa shape index (κ2) is 13.3. The molecule has 224 valence electrons. The van der Waals surface area contributed by atoms with E-state index < -0.39 is 0 Å². The molecule has 1 fully saturated rings. The lowest BCUT2D eigenvalue weighted by molar-refractivity contribution is 0.268. The van der Waals surface area contributed by atoms with Crippen molar-refractivity contribution in [3.05, 3.63) is 143 Å². The van der Waals surface area contributed by atoms with Crippen LogP contribution >= 0.6 is 0 Å². The number of hydrogen-bond acceptors (Lipinski definition) is 4. The molecule has 1 saturated heterocycles. The molecule has 0 radical (unpaired) electrons. The summed E-state index contributed by atoms with van der Waals surface area (Å²) < 4.78 is 12.4. The van der Waals surface area contributed by atoms with Crippen LogP contribution in [0.15, 0.2) is 115 Å². The van der Waals surface area contributed by atoms with Gasteiger partial charge in [-0.2, -0.15) is 0 Å². The van der Waals surface area contributed by atoms with E-state index in [1.54, 1.807) is 0 Å². The second-order valence-corrected chi connectivity index (χ2v) is 12.3. The van der Waals surface area contributed by atoms with Gasteiger partial charge in [-0.1, -0.05) is 91.3 Å². The summed E-state index contributed by atoms with van der Waals surface area (Å²) in [7, 11) is 0. The molecule has 2 aliphatic heterocycles. The highest BCUT2D eigenvalue weighted by atomic mass is 16.5. The van der Waals surface area contributed by atoms with E-state index in [4.69, 9.17) is 9.47 Å². The third kappa shape index (κ3) is 6.38. The van der Waals surface area contributed by atoms with Gasteiger partial charge < -0.3 is 20.1 Å². The van der Waals surface area contributed by atoms with Crippen molar-refractivity contribution in [2.45, 2.75) is 56.7 Å². The minimum atomic E-state index is -0.357. The Bertz CT molecular complexity index is 1680. The van der Waals surface area contributed by atoms with Crippen LogP contribution in [0.2, 0.25) is 0 Å². The Kier molecular flexibility index (Phi) is 8.63. The van der Waals surface area contributed by atoms with E-state index in [2.05, 4.69) is 120 Å². The van der Waals surface area contributed by atoms with Crippen molar-refractivity contribution in [3.8, 4) is 11.5 Å². The number of nitrogens with one attached hydrogen (secondary N) is 2. The van der Waals surface area contributed by atoms with Crippen LogP contribution < -0.4 is 20.1 Å². The van der Waals surface area contributed by atoms with Crippen LogP contribution in [0, 0.1) is 0 Å². The molecule has 5 aromatic carbocycles. The summed E-state index contributed by atoms with van der Waals surface area (Å²) in [6.45, 7) is 3.36. The minimum absolute atomic E-state index is 0.357. The van der Waals surface area contributed by atoms with E-state index >= 15 is 0 Å². The van der Waals surface area contributed by atoms with Gasteiger partial charge in [-0.25, -0.2) is 0 Å². The monoisotopic (exact) mass is 582 g/mol. The summed E-state index contributed by atoms with van der Waals surface area (Å²) in [5.41, 5.74) is 6.06. The maximum Gasteiger partial charge on any atom is 0.120 e. The van der Waals surface area contributed by atoms with Gasteiger partial charge in [-0.3, -0.25) is 0 Å². The van der Waals surface area contributed by atoms with Gasteiger partial charge in [0.15, 0.2) is 0 Å². The first kappa shape index (κ1) is 28.6. The Morgan fingerprint density at radius 1 is 0.682 bits per heavy atom. The predicted molar refractivity (Wildman–Crippen MR) is 180 cm³/mol. The smallest absolute Gasteiger partial charge is 0.120 e. The van der Waals surface area contributed by atoms with Gasteiger partial charge in [0, 0.05) is 12.6 Å². The highest BCUT2D eigenvalue weighted by Gasteiger charge is 2.38. The van der Waals surface area contributed by atoms with Gasteiger partial charge in [0.1, 0.15) is 18.1 Å². The molecule has 7 rings (SSSR count). The molecule has 0 bridgehead atoms. The van der Waals surface area contributed by atoms with Crippen molar-refractivity contribution in [1.82, 2.24) is 10.6 Å². The molecule has 2 heterocycles. The molecule has 4 nitrogen and oxygen atoms in total. The van der Waals surface area contributed by atoms with Crippen molar-refractivity contribution in [2.24, 2.45) is 0 Å². The maximum atomic E-state index is 6.25. The zero-order valence-corrected chi connectivity index (χ0v) is 25.4. The highest BCUT2D eigenvalue weighted by Crippen LogP contribution is 2.40. The van der Waals surface area contributed by atoms with Gasteiger partial charge in [0.2, 0.25) is 0 Å². The molecule has 2 N–H and O–H groups in total. The number of benzene rings is 5. The third-order valence-electron chi connectivity index (χ3n) is 9.39. The Hall–Kier alpha value is -4.12. The van der Waals surface area contributed by atoms with E-state index in [1.807, 2.05) is 6.07 Å². The lowest BCUT2D eigenvalue weighted by Crippen LogP contribution is -2.49. The zero-order valence-electron chi connectivity index (χ0n) is 25.4. The molecule has 0 aromatic heterocycles. The summed E-state index contributed by atoms with van der Waals surface area (Å²) in [4.78, 5) is 0. The van der Waals surface area contributed by atoms with Gasteiger partial charge in [-0.05, 0) is 108 Å². The fraction of sp³-hybridized carbons (Fsp3) is 0.300. The largest absolute Gasteiger partial charge is 0.494 e. The normalized spacial score (nSPS) is 19.8. The van der Waals surface area contributed by atoms with Gasteiger partial charge in [0.05, 0.1) is 12.1 Å². The third-order valence-corrected chi connectivity index (χ3v) is 9.39. The first-order valence-corrected chi connectivity index (χ1v) is 16.2. The quantitative estimate of drug-likeness (QED) is 0.175. The molecule has 44 heavy (non-hydrogen) atoms. The molecule has 5 aromatic rings. The average Bonchev–Trinajstić information content (AvgIpc) is 3.09. The molecule has 0 spiro atoms. The van der Waals surface area contributed by atoms with Crippen LogP contribution in [0.25, 0.3) is 10.8 Å². The Labute approximate surface area is 261 Å². The van der Waals surface area contributed by atoms with Gasteiger partial charge >= 0.3 is 0 Å². The maximum absolute atomic E-state index is 6.25. The molecule has 2 unspecified atom stereocenters. The summed E-state index contributed by atoms with van der Waals surface area (Å²) in [5.74, 6) is 1.87. The van der Waals surface area contributed by atoms with Crippen molar-refractivity contribution in [2.75, 3.05) is 19.7 Å². The molecular formula is C40H42N2O2. The van der Waals surface area contributed by atoms with E-state index in [0.29, 0.717) is 12.6 Å². The molecule has 2 aliphatic rings. The van der Waals surface area contributed by atoms with Crippen LogP contribution in [0.1, 0.15) is 53.5 Å². The van der Waals surface area contributed by atoms with Crippen LogP contribution in [0.5, 0.6) is 11.5 Å². The second-order valence-electron chi connectivity index (χ2n) is 12.3. The first-order chi connectivity index (χ1) is 21.7. The van der Waals surface area contributed by atoms with E-state index in [0.717, 1.165) is 50.5 Å². The van der Waals surface area contributed by atoms with Crippen molar-refractivity contribution < 1.29 is 9.47 Å². The molecule has 0 saturated carbocycles. The van der Waals surface area contributed by atoms with Crippen LogP contribution in [-0.4, -0.2) is 25.7 Å². The zero-order chi connectivity index (χ0) is 29.6. The number of piperidine rings is 1. The fourth-order valence-electron chi connectivity index (χ4n) is 7.00. The van der Waals surface area contributed by atoms with Crippen molar-refractivity contribution in [1.29, 1.82) is 0 Å². The number of fused-ring (bicyclic) bond motifs is 2. The standard InChI is InChI=1S/C40H42N2O2/c1-2-8-31(9-3-1)29-44-38-19-20-39-34(27-38)21-24-42-40(39,35-16-15-32-10-4-5-11-33(32)26-35)28-30-13-17-37(18-14-30)43-25-22-36-12-6-7-23-41-36/h1-5,8-11,13-20,26-27,36,41-42H,6-7,12,21-25,28-29H2. The summed E-state index contributed by atoms with van der Waals surface area (Å²) in [5, 5.41) is 10.1. The summed E-state index contributed by atoms with van der Waals surface area (Å²) in [6.07, 6.45) is 6.75. The van der Waals surface area contributed by atoms with Crippen molar-refractivity contribution in [3.63, 3.8) is 0 Å². The Morgan fingerprint density at radius 3 is 2.34 bits per heavy atom. The van der Waals surface area contributed by atoms with Crippen LogP contribution in [0.4, 0.5) is 0 Å².